The molecule has 0 radical (unpaired) electrons. The minimum atomic E-state index is -0.487. The first kappa shape index (κ1) is 19.8. The standard InChI is InChI=1S/C20H21N3O4S/c1-14-6-8-15(9-7-14)28-13-19(25)22-21-18(24)12-23-16-4-2-3-5-17(16)27-11-10-20(23)26/h2-9H,10-13H2,1H3,(H,21,24)(H,22,25). The van der Waals surface area contributed by atoms with Crippen LogP contribution in [0.4, 0.5) is 5.69 Å². The summed E-state index contributed by atoms with van der Waals surface area (Å²) in [6, 6.07) is 14.9. The van der Waals surface area contributed by atoms with E-state index < -0.39 is 5.91 Å². The number of ether oxygens (including phenoxy) is 1. The molecular formula is C20H21N3O4S. The highest BCUT2D eigenvalue weighted by molar-refractivity contribution is 8.00. The summed E-state index contributed by atoms with van der Waals surface area (Å²) < 4.78 is 5.54. The molecule has 3 rings (SSSR count). The molecule has 7 nitrogen and oxygen atoms in total. The number of fused-ring (bicyclic) bond motifs is 1. The Morgan fingerprint density at radius 1 is 1.07 bits per heavy atom. The third kappa shape index (κ3) is 5.26. The lowest BCUT2D eigenvalue weighted by Gasteiger charge is -2.21. The van der Waals surface area contributed by atoms with Crippen molar-refractivity contribution in [2.45, 2.75) is 18.2 Å². The Bertz CT molecular complexity index is 870. The lowest BCUT2D eigenvalue weighted by molar-refractivity contribution is -0.127. The maximum Gasteiger partial charge on any atom is 0.258 e. The molecule has 0 aromatic heterocycles. The van der Waals surface area contributed by atoms with Crippen LogP contribution in [0.25, 0.3) is 0 Å². The number of carbonyl (C=O) groups is 3. The number of hydrazine groups is 1. The first-order valence-corrected chi connectivity index (χ1v) is 9.81. The fourth-order valence-corrected chi connectivity index (χ4v) is 3.33. The predicted octanol–water partition coefficient (Wildman–Crippen LogP) is 2.05. The van der Waals surface area contributed by atoms with Crippen molar-refractivity contribution in [1.29, 1.82) is 0 Å². The number of nitrogens with zero attached hydrogens (tertiary/aromatic N) is 1. The van der Waals surface area contributed by atoms with Gasteiger partial charge in [-0.15, -0.1) is 11.8 Å². The third-order valence-electron chi connectivity index (χ3n) is 4.06. The molecule has 3 amide bonds. The highest BCUT2D eigenvalue weighted by atomic mass is 32.2. The van der Waals surface area contributed by atoms with Crippen LogP contribution in [0, 0.1) is 6.92 Å². The minimum Gasteiger partial charge on any atom is -0.491 e. The van der Waals surface area contributed by atoms with Gasteiger partial charge < -0.3 is 4.74 Å². The van der Waals surface area contributed by atoms with Crippen LogP contribution in [0.3, 0.4) is 0 Å². The number of amides is 3. The Morgan fingerprint density at radius 2 is 1.79 bits per heavy atom. The normalized spacial score (nSPS) is 13.2. The Kier molecular flexibility index (Phi) is 6.54. The number of aryl methyl sites for hydroxylation is 1. The monoisotopic (exact) mass is 399 g/mol. The summed E-state index contributed by atoms with van der Waals surface area (Å²) in [4.78, 5) is 38.8. The summed E-state index contributed by atoms with van der Waals surface area (Å²) in [5, 5.41) is 0. The van der Waals surface area contributed by atoms with Crippen molar-refractivity contribution in [3.63, 3.8) is 0 Å². The second kappa shape index (κ2) is 9.27. The largest absolute Gasteiger partial charge is 0.491 e. The Morgan fingerprint density at radius 3 is 2.57 bits per heavy atom. The van der Waals surface area contributed by atoms with E-state index in [-0.39, 0.29) is 37.1 Å². The highest BCUT2D eigenvalue weighted by Crippen LogP contribution is 2.30. The van der Waals surface area contributed by atoms with Gasteiger partial charge >= 0.3 is 0 Å². The van der Waals surface area contributed by atoms with Gasteiger partial charge in [-0.2, -0.15) is 0 Å². The van der Waals surface area contributed by atoms with E-state index in [2.05, 4.69) is 10.9 Å². The Hall–Kier alpha value is -3.00. The van der Waals surface area contributed by atoms with E-state index in [1.807, 2.05) is 31.2 Å². The molecule has 28 heavy (non-hydrogen) atoms. The molecule has 1 heterocycles. The maximum atomic E-state index is 12.3. The van der Waals surface area contributed by atoms with Gasteiger partial charge in [-0.3, -0.25) is 30.1 Å². The molecule has 8 heteroatoms. The van der Waals surface area contributed by atoms with E-state index in [0.29, 0.717) is 11.4 Å². The zero-order valence-corrected chi connectivity index (χ0v) is 16.3. The lowest BCUT2D eigenvalue weighted by atomic mass is 10.2. The SMILES string of the molecule is Cc1ccc(SCC(=O)NNC(=O)CN2C(=O)CCOc3ccccc32)cc1. The van der Waals surface area contributed by atoms with Gasteiger partial charge in [0.1, 0.15) is 12.3 Å². The molecule has 0 saturated heterocycles. The average Bonchev–Trinajstić information content (AvgIpc) is 2.85. The zero-order chi connectivity index (χ0) is 19.9. The Balaban J connectivity index is 1.50. The van der Waals surface area contributed by atoms with Crippen LogP contribution >= 0.6 is 11.8 Å². The van der Waals surface area contributed by atoms with Crippen LogP contribution < -0.4 is 20.5 Å². The van der Waals surface area contributed by atoms with Crippen molar-refractivity contribution in [3.05, 3.63) is 54.1 Å². The first-order chi connectivity index (χ1) is 13.5. The van der Waals surface area contributed by atoms with Gasteiger partial charge in [-0.25, -0.2) is 0 Å². The lowest BCUT2D eigenvalue weighted by Crippen LogP contribution is -2.48. The number of hydrogen-bond acceptors (Lipinski definition) is 5. The van der Waals surface area contributed by atoms with E-state index >= 15 is 0 Å². The molecule has 146 valence electrons. The van der Waals surface area contributed by atoms with Crippen LogP contribution in [-0.4, -0.2) is 36.6 Å². The van der Waals surface area contributed by atoms with E-state index in [1.165, 1.54) is 16.7 Å². The molecule has 1 aliphatic rings. The molecule has 0 aliphatic carbocycles. The molecule has 2 aromatic carbocycles. The summed E-state index contributed by atoms with van der Waals surface area (Å²) in [7, 11) is 0. The van der Waals surface area contributed by atoms with E-state index in [4.69, 9.17) is 4.74 Å². The maximum absolute atomic E-state index is 12.3. The Labute approximate surface area is 167 Å². The van der Waals surface area contributed by atoms with Crippen LogP contribution in [0.1, 0.15) is 12.0 Å². The molecule has 0 bridgehead atoms. The number of carbonyl (C=O) groups excluding carboxylic acids is 3. The number of thioether (sulfide) groups is 1. The number of rotatable bonds is 5. The van der Waals surface area contributed by atoms with Gasteiger partial charge in [0.2, 0.25) is 11.8 Å². The highest BCUT2D eigenvalue weighted by Gasteiger charge is 2.25. The number of hydrogen-bond donors (Lipinski definition) is 2. The van der Waals surface area contributed by atoms with Gasteiger partial charge in [-0.1, -0.05) is 29.8 Å². The summed E-state index contributed by atoms with van der Waals surface area (Å²) in [5.74, 6) is -0.299. The summed E-state index contributed by atoms with van der Waals surface area (Å²) in [5.41, 5.74) is 6.43. The third-order valence-corrected chi connectivity index (χ3v) is 5.08. The van der Waals surface area contributed by atoms with Gasteiger partial charge in [0.25, 0.3) is 5.91 Å². The summed E-state index contributed by atoms with van der Waals surface area (Å²) in [6.45, 7) is 2.06. The van der Waals surface area contributed by atoms with E-state index in [1.54, 1.807) is 24.3 Å². The zero-order valence-electron chi connectivity index (χ0n) is 15.4. The van der Waals surface area contributed by atoms with Crippen LogP contribution in [0.15, 0.2) is 53.4 Å². The fraction of sp³-hybridized carbons (Fsp3) is 0.250. The number of anilines is 1. The van der Waals surface area contributed by atoms with Gasteiger partial charge in [0.15, 0.2) is 0 Å². The molecule has 0 spiro atoms. The number of benzene rings is 2. The van der Waals surface area contributed by atoms with Crippen LogP contribution in [0.2, 0.25) is 0 Å². The predicted molar refractivity (Wildman–Crippen MR) is 107 cm³/mol. The van der Waals surface area contributed by atoms with Crippen molar-refractivity contribution in [2.24, 2.45) is 0 Å². The summed E-state index contributed by atoms with van der Waals surface area (Å²) in [6.07, 6.45) is 0.182. The molecular weight excluding hydrogens is 378 g/mol. The average molecular weight is 399 g/mol. The summed E-state index contributed by atoms with van der Waals surface area (Å²) >= 11 is 1.37. The van der Waals surface area contributed by atoms with E-state index in [0.717, 1.165) is 10.5 Å². The fourth-order valence-electron chi connectivity index (χ4n) is 2.64. The molecule has 0 saturated carbocycles. The van der Waals surface area contributed by atoms with Gasteiger partial charge in [0, 0.05) is 4.90 Å². The molecule has 2 N–H and O–H groups in total. The van der Waals surface area contributed by atoms with Crippen LogP contribution in [-0.2, 0) is 14.4 Å². The molecule has 2 aromatic rings. The molecule has 1 aliphatic heterocycles. The minimum absolute atomic E-state index is 0.169. The van der Waals surface area contributed by atoms with Crippen molar-refractivity contribution in [2.75, 3.05) is 23.8 Å². The van der Waals surface area contributed by atoms with Crippen molar-refractivity contribution >= 4 is 35.2 Å². The topological polar surface area (TPSA) is 87.7 Å². The van der Waals surface area contributed by atoms with Crippen molar-refractivity contribution in [3.8, 4) is 5.75 Å². The first-order valence-electron chi connectivity index (χ1n) is 8.82. The molecule has 0 unspecified atom stereocenters. The quantitative estimate of drug-likeness (QED) is 0.594. The smallest absolute Gasteiger partial charge is 0.258 e. The van der Waals surface area contributed by atoms with Gasteiger partial charge in [0.05, 0.1) is 24.5 Å². The van der Waals surface area contributed by atoms with Crippen molar-refractivity contribution < 1.29 is 19.1 Å². The van der Waals surface area contributed by atoms with Gasteiger partial charge in [-0.05, 0) is 31.2 Å². The second-order valence-corrected chi connectivity index (χ2v) is 7.29. The van der Waals surface area contributed by atoms with Crippen molar-refractivity contribution in [1.82, 2.24) is 10.9 Å². The number of para-hydroxylation sites is 2. The molecule has 0 atom stereocenters. The second-order valence-electron chi connectivity index (χ2n) is 6.24. The number of nitrogens with one attached hydrogen (secondary N) is 2. The molecule has 0 fully saturated rings. The van der Waals surface area contributed by atoms with Crippen LogP contribution in [0.5, 0.6) is 5.75 Å². The van der Waals surface area contributed by atoms with E-state index in [9.17, 15) is 14.4 Å².